The van der Waals surface area contributed by atoms with Gasteiger partial charge in [-0.15, -0.1) is 0 Å². The van der Waals surface area contributed by atoms with E-state index in [1.54, 1.807) is 17.0 Å². The van der Waals surface area contributed by atoms with E-state index in [1.165, 1.54) is 35.1 Å². The van der Waals surface area contributed by atoms with Gasteiger partial charge in [0, 0.05) is 50.5 Å². The molecule has 1 aliphatic rings. The van der Waals surface area contributed by atoms with E-state index in [0.717, 1.165) is 10.9 Å². The number of carboxylic acid groups (broad SMARTS) is 1. The van der Waals surface area contributed by atoms with Gasteiger partial charge in [-0.25, -0.2) is 9.97 Å². The third-order valence-corrected chi connectivity index (χ3v) is 6.63. The van der Waals surface area contributed by atoms with Crippen LogP contribution in [0.25, 0.3) is 16.9 Å². The number of halogens is 4. The number of anilines is 2. The number of amides is 2. The van der Waals surface area contributed by atoms with Crippen LogP contribution in [-0.4, -0.2) is 85.2 Å². The minimum Gasteiger partial charge on any atom is -0.483 e. The lowest BCUT2D eigenvalue weighted by atomic mass is 10.2. The van der Waals surface area contributed by atoms with E-state index in [1.807, 2.05) is 0 Å². The summed E-state index contributed by atoms with van der Waals surface area (Å²) >= 11 is 6.36. The van der Waals surface area contributed by atoms with Gasteiger partial charge in [0.2, 0.25) is 5.91 Å². The molecule has 0 unspecified atom stereocenters. The Bertz CT molecular complexity index is 1710. The number of alkyl halides is 3. The van der Waals surface area contributed by atoms with E-state index >= 15 is 0 Å². The van der Waals surface area contributed by atoms with E-state index in [-0.39, 0.29) is 58.8 Å². The molecule has 3 aromatic heterocycles. The molecule has 0 spiro atoms. The highest BCUT2D eigenvalue weighted by Gasteiger charge is 2.38. The average Bonchev–Trinajstić information content (AvgIpc) is 3.62. The van der Waals surface area contributed by atoms with E-state index in [0.29, 0.717) is 31.9 Å². The van der Waals surface area contributed by atoms with Crippen molar-refractivity contribution < 1.29 is 32.7 Å². The molecule has 44 heavy (non-hydrogen) atoms. The molecular formula is C26H24ClF3N10O4. The Morgan fingerprint density at radius 1 is 1.23 bits per heavy atom. The van der Waals surface area contributed by atoms with Crippen molar-refractivity contribution in [3.05, 3.63) is 59.3 Å². The number of nitrogens with one attached hydrogen (secondary N) is 3. The number of carbonyl (C=O) groups excluding carboxylic acids is 2. The fourth-order valence-corrected chi connectivity index (χ4v) is 4.64. The van der Waals surface area contributed by atoms with Gasteiger partial charge >= 0.3 is 6.18 Å². The zero-order valence-corrected chi connectivity index (χ0v) is 23.4. The summed E-state index contributed by atoms with van der Waals surface area (Å²) < 4.78 is 43.4. The number of fused-ring (bicyclic) bond motifs is 1. The molecule has 1 saturated heterocycles. The molecule has 0 saturated carbocycles. The summed E-state index contributed by atoms with van der Waals surface area (Å²) in [5.74, 6) is -0.487. The van der Waals surface area contributed by atoms with Crippen LogP contribution in [0.1, 0.15) is 16.1 Å². The molecule has 2 amide bonds. The van der Waals surface area contributed by atoms with E-state index in [4.69, 9.17) is 26.8 Å². The highest BCUT2D eigenvalue weighted by Crippen LogP contribution is 2.37. The molecule has 4 aromatic rings. The number of benzene rings is 1. The second kappa shape index (κ2) is 13.8. The van der Waals surface area contributed by atoms with Gasteiger partial charge < -0.3 is 26.0 Å². The highest BCUT2D eigenvalue weighted by atomic mass is 35.5. The average molecular weight is 633 g/mol. The SMILES string of the molecule is N#CCn1cc(-c2cnc3c(Nc4ccc(C(=O)NCC(=O)N5CCNCC5)c(Cl)c4)nccn23)c(C(F)(F)F)n1.O=CO. The van der Waals surface area contributed by atoms with E-state index in [2.05, 4.69) is 31.0 Å². The zero-order chi connectivity index (χ0) is 31.9. The third kappa shape index (κ3) is 7.22. The number of hydrogen-bond donors (Lipinski definition) is 4. The number of piperazine rings is 1. The Labute approximate surface area is 252 Å². The summed E-state index contributed by atoms with van der Waals surface area (Å²) in [6.45, 7) is 1.78. The Morgan fingerprint density at radius 2 is 1.95 bits per heavy atom. The Hall–Kier alpha value is -5.21. The first kappa shape index (κ1) is 31.7. The van der Waals surface area contributed by atoms with E-state index < -0.39 is 17.8 Å². The molecule has 14 nitrogen and oxygen atoms in total. The van der Waals surface area contributed by atoms with Gasteiger partial charge in [0.15, 0.2) is 17.2 Å². The summed E-state index contributed by atoms with van der Waals surface area (Å²) in [5.41, 5.74) is -0.474. The Morgan fingerprint density at radius 3 is 2.61 bits per heavy atom. The molecule has 0 bridgehead atoms. The van der Waals surface area contributed by atoms with Crippen molar-refractivity contribution in [3.63, 3.8) is 0 Å². The predicted octanol–water partition coefficient (Wildman–Crippen LogP) is 2.39. The maximum Gasteiger partial charge on any atom is 0.435 e. The van der Waals surface area contributed by atoms with Gasteiger partial charge in [-0.1, -0.05) is 11.6 Å². The number of aromatic nitrogens is 5. The first-order valence-electron chi connectivity index (χ1n) is 12.8. The molecule has 4 heterocycles. The summed E-state index contributed by atoms with van der Waals surface area (Å²) in [6, 6.07) is 6.30. The van der Waals surface area contributed by atoms with Gasteiger partial charge in [0.25, 0.3) is 12.4 Å². The minimum atomic E-state index is -4.75. The number of carbonyl (C=O) groups is 3. The lowest BCUT2D eigenvalue weighted by molar-refractivity contribution is -0.141. The molecule has 4 N–H and O–H groups in total. The maximum absolute atomic E-state index is 13.7. The fraction of sp³-hybridized carbons (Fsp3) is 0.269. The summed E-state index contributed by atoms with van der Waals surface area (Å²) in [4.78, 5) is 43.5. The number of imidazole rings is 1. The quantitative estimate of drug-likeness (QED) is 0.221. The van der Waals surface area contributed by atoms with Crippen LogP contribution in [0.5, 0.6) is 0 Å². The predicted molar refractivity (Wildman–Crippen MR) is 150 cm³/mol. The molecule has 5 rings (SSSR count). The standard InChI is InChI=1S/C25H22ClF3N10O2.CH2O2/c26-18-11-15(1-2-16(18)24(41)34-13-20(40)37-8-4-31-5-9-37)35-22-23-33-12-19(39(23)10-6-32-22)17-14-38(7-3-30)36-21(17)25(27,28)29;2-1-3/h1-2,6,10-12,14,31H,4-5,7-9,13H2,(H,32,35)(H,34,41);1H,(H,2,3). The summed E-state index contributed by atoms with van der Waals surface area (Å²) in [7, 11) is 0. The normalized spacial score (nSPS) is 13.0. The van der Waals surface area contributed by atoms with Crippen LogP contribution < -0.4 is 16.0 Å². The second-order valence-corrected chi connectivity index (χ2v) is 9.50. The minimum absolute atomic E-state index is 0.0994. The lowest BCUT2D eigenvalue weighted by Gasteiger charge is -2.27. The topological polar surface area (TPSA) is 183 Å². The number of hydrogen-bond acceptors (Lipinski definition) is 9. The van der Waals surface area contributed by atoms with Crippen LogP contribution in [0.2, 0.25) is 5.02 Å². The van der Waals surface area contributed by atoms with Crippen molar-refractivity contribution in [1.82, 2.24) is 39.7 Å². The van der Waals surface area contributed by atoms with Crippen molar-refractivity contribution >= 4 is 47.0 Å². The smallest absolute Gasteiger partial charge is 0.435 e. The third-order valence-electron chi connectivity index (χ3n) is 6.31. The Kier molecular flexibility index (Phi) is 9.98. The van der Waals surface area contributed by atoms with Gasteiger partial charge in [0.1, 0.15) is 6.54 Å². The number of rotatable bonds is 7. The van der Waals surface area contributed by atoms with Crippen LogP contribution in [0.3, 0.4) is 0 Å². The molecule has 18 heteroatoms. The molecule has 1 aromatic carbocycles. The second-order valence-electron chi connectivity index (χ2n) is 9.10. The van der Waals surface area contributed by atoms with Crippen LogP contribution in [0.4, 0.5) is 24.7 Å². The van der Waals surface area contributed by atoms with Gasteiger partial charge in [-0.2, -0.15) is 23.5 Å². The molecule has 1 aliphatic heterocycles. The zero-order valence-electron chi connectivity index (χ0n) is 22.7. The maximum atomic E-state index is 13.7. The largest absolute Gasteiger partial charge is 0.483 e. The van der Waals surface area contributed by atoms with Crippen LogP contribution in [0.15, 0.2) is 43.0 Å². The van der Waals surface area contributed by atoms with Crippen LogP contribution in [0, 0.1) is 11.3 Å². The monoisotopic (exact) mass is 632 g/mol. The molecule has 0 radical (unpaired) electrons. The van der Waals surface area contributed by atoms with Crippen LogP contribution in [-0.2, 0) is 22.3 Å². The first-order valence-corrected chi connectivity index (χ1v) is 13.2. The molecular weight excluding hydrogens is 609 g/mol. The van der Waals surface area contributed by atoms with Gasteiger partial charge in [0.05, 0.1) is 40.7 Å². The first-order chi connectivity index (χ1) is 21.1. The fourth-order valence-electron chi connectivity index (χ4n) is 4.37. The van der Waals surface area contributed by atoms with Gasteiger partial charge in [-0.3, -0.25) is 23.5 Å². The lowest BCUT2D eigenvalue weighted by Crippen LogP contribution is -2.49. The Balaban J connectivity index is 0.00000141. The molecule has 0 aliphatic carbocycles. The molecule has 1 fully saturated rings. The molecule has 230 valence electrons. The number of nitriles is 1. The van der Waals surface area contributed by atoms with Crippen LogP contribution >= 0.6 is 11.6 Å². The summed E-state index contributed by atoms with van der Waals surface area (Å²) in [6.07, 6.45) is 0.480. The van der Waals surface area contributed by atoms with Crippen molar-refractivity contribution in [1.29, 1.82) is 5.26 Å². The van der Waals surface area contributed by atoms with E-state index in [9.17, 15) is 22.8 Å². The van der Waals surface area contributed by atoms with Crippen molar-refractivity contribution in [2.75, 3.05) is 38.0 Å². The molecule has 0 atom stereocenters. The number of nitrogens with zero attached hydrogens (tertiary/aromatic N) is 7. The van der Waals surface area contributed by atoms with Gasteiger partial charge in [-0.05, 0) is 18.2 Å². The highest BCUT2D eigenvalue weighted by molar-refractivity contribution is 6.34. The van der Waals surface area contributed by atoms with Crippen molar-refractivity contribution in [2.24, 2.45) is 0 Å². The van der Waals surface area contributed by atoms with Crippen molar-refractivity contribution in [3.8, 4) is 17.3 Å². The summed E-state index contributed by atoms with van der Waals surface area (Å²) in [5, 5.41) is 28.2. The van der Waals surface area contributed by atoms with Crippen molar-refractivity contribution in [2.45, 2.75) is 12.7 Å².